The Hall–Kier alpha value is -2.77. The van der Waals surface area contributed by atoms with E-state index in [1.807, 2.05) is 24.3 Å². The minimum atomic E-state index is -1.59. The summed E-state index contributed by atoms with van der Waals surface area (Å²) in [5, 5.41) is 13.9. The van der Waals surface area contributed by atoms with E-state index in [0.717, 1.165) is 37.6 Å². The van der Waals surface area contributed by atoms with E-state index < -0.39 is 5.85 Å². The first-order valence-corrected chi connectivity index (χ1v) is 8.71. The second-order valence-corrected chi connectivity index (χ2v) is 6.56. The van der Waals surface area contributed by atoms with E-state index in [1.54, 1.807) is 30.7 Å². The van der Waals surface area contributed by atoms with Gasteiger partial charge in [0.05, 0.1) is 11.4 Å². The summed E-state index contributed by atoms with van der Waals surface area (Å²) in [6.07, 6.45) is 6.84. The summed E-state index contributed by atoms with van der Waals surface area (Å²) in [5.41, 5.74) is 3.05. The lowest BCUT2D eigenvalue weighted by Crippen LogP contribution is -2.44. The van der Waals surface area contributed by atoms with Crippen LogP contribution >= 0.6 is 0 Å². The lowest BCUT2D eigenvalue weighted by Gasteiger charge is -2.34. The molecule has 0 bridgehead atoms. The molecule has 1 saturated heterocycles. The second kappa shape index (κ2) is 6.86. The Kier molecular flexibility index (Phi) is 4.40. The van der Waals surface area contributed by atoms with E-state index in [0.29, 0.717) is 11.4 Å². The van der Waals surface area contributed by atoms with Crippen molar-refractivity contribution in [1.29, 1.82) is 0 Å². The number of anilines is 1. The van der Waals surface area contributed by atoms with E-state index in [4.69, 9.17) is 0 Å². The van der Waals surface area contributed by atoms with Crippen molar-refractivity contribution in [2.45, 2.75) is 5.85 Å². The van der Waals surface area contributed by atoms with Gasteiger partial charge in [-0.2, -0.15) is 0 Å². The number of aliphatic imine (C=N–C) groups is 1. The molecule has 2 aromatic heterocycles. The van der Waals surface area contributed by atoms with E-state index in [1.165, 1.54) is 0 Å². The molecule has 2 N–H and O–H groups in total. The lowest BCUT2D eigenvalue weighted by molar-refractivity contribution is 0.0223. The van der Waals surface area contributed by atoms with Crippen molar-refractivity contribution < 1.29 is 5.11 Å². The van der Waals surface area contributed by atoms with Gasteiger partial charge >= 0.3 is 0 Å². The number of pyridine rings is 2. The summed E-state index contributed by atoms with van der Waals surface area (Å²) < 4.78 is 0. The van der Waals surface area contributed by atoms with Gasteiger partial charge < -0.3 is 20.2 Å². The van der Waals surface area contributed by atoms with Gasteiger partial charge in [-0.3, -0.25) is 9.97 Å². The second-order valence-electron chi connectivity index (χ2n) is 6.56. The Bertz CT molecular complexity index is 829. The minimum absolute atomic E-state index is 0.442. The van der Waals surface area contributed by atoms with Gasteiger partial charge in [-0.05, 0) is 37.4 Å². The maximum Gasteiger partial charge on any atom is 0.279 e. The van der Waals surface area contributed by atoms with Crippen LogP contribution in [-0.4, -0.2) is 59.4 Å². The molecule has 2 aliphatic rings. The third-order valence-electron chi connectivity index (χ3n) is 4.72. The highest BCUT2D eigenvalue weighted by Gasteiger charge is 2.32. The predicted octanol–water partition coefficient (Wildman–Crippen LogP) is 1.05. The van der Waals surface area contributed by atoms with Gasteiger partial charge in [-0.15, -0.1) is 0 Å². The van der Waals surface area contributed by atoms with Crippen molar-refractivity contribution in [2.75, 3.05) is 38.1 Å². The summed E-state index contributed by atoms with van der Waals surface area (Å²) in [6, 6.07) is 9.43. The molecule has 2 aromatic rings. The maximum atomic E-state index is 10.9. The molecule has 0 spiro atoms. The monoisotopic (exact) mass is 350 g/mol. The average molecular weight is 350 g/mol. The summed E-state index contributed by atoms with van der Waals surface area (Å²) in [7, 11) is 2.14. The van der Waals surface area contributed by atoms with Crippen LogP contribution < -0.4 is 10.2 Å². The van der Waals surface area contributed by atoms with Crippen LogP contribution in [0, 0.1) is 0 Å². The van der Waals surface area contributed by atoms with Crippen molar-refractivity contribution in [3.63, 3.8) is 0 Å². The Labute approximate surface area is 152 Å². The molecule has 0 aliphatic carbocycles. The van der Waals surface area contributed by atoms with E-state index in [9.17, 15) is 5.11 Å². The number of piperazine rings is 1. The number of nitrogens with one attached hydrogen (secondary N) is 1. The largest absolute Gasteiger partial charge is 0.369 e. The number of nitrogens with zero attached hydrogens (tertiary/aromatic N) is 5. The van der Waals surface area contributed by atoms with Gasteiger partial charge in [0.25, 0.3) is 5.85 Å². The Morgan fingerprint density at radius 1 is 1.08 bits per heavy atom. The minimum Gasteiger partial charge on any atom is -0.369 e. The van der Waals surface area contributed by atoms with E-state index >= 15 is 0 Å². The fourth-order valence-electron chi connectivity index (χ4n) is 3.16. The molecule has 4 heterocycles. The van der Waals surface area contributed by atoms with Crippen molar-refractivity contribution in [2.24, 2.45) is 4.99 Å². The molecule has 0 radical (unpaired) electrons. The van der Waals surface area contributed by atoms with Crippen LogP contribution in [0.25, 0.3) is 5.70 Å². The molecule has 26 heavy (non-hydrogen) atoms. The van der Waals surface area contributed by atoms with Crippen molar-refractivity contribution in [3.05, 3.63) is 60.2 Å². The van der Waals surface area contributed by atoms with Gasteiger partial charge in [0, 0.05) is 50.5 Å². The number of likely N-dealkylation sites (N-methyl/N-ethyl adjacent to an activating group) is 1. The Morgan fingerprint density at radius 2 is 1.92 bits per heavy atom. The first-order valence-electron chi connectivity index (χ1n) is 8.71. The van der Waals surface area contributed by atoms with Gasteiger partial charge in [0.1, 0.15) is 5.69 Å². The molecule has 134 valence electrons. The van der Waals surface area contributed by atoms with Crippen LogP contribution in [0.5, 0.6) is 0 Å². The average Bonchev–Trinajstić information content (AvgIpc) is 2.69. The SMILES string of the molecule is CN1CCN(c2ccnc(C3=CC=NC(O)(c4ccccn4)N3)c2)CC1. The first kappa shape index (κ1) is 16.7. The van der Waals surface area contributed by atoms with E-state index in [-0.39, 0.29) is 0 Å². The maximum absolute atomic E-state index is 10.9. The van der Waals surface area contributed by atoms with Gasteiger partial charge in [0.2, 0.25) is 0 Å². The smallest absolute Gasteiger partial charge is 0.279 e. The third kappa shape index (κ3) is 3.31. The molecular weight excluding hydrogens is 328 g/mol. The Balaban J connectivity index is 1.57. The number of allylic oxidation sites excluding steroid dienone is 1. The quantitative estimate of drug-likeness (QED) is 0.862. The lowest BCUT2D eigenvalue weighted by atomic mass is 10.1. The molecule has 7 nitrogen and oxygen atoms in total. The van der Waals surface area contributed by atoms with Crippen molar-refractivity contribution >= 4 is 17.6 Å². The molecule has 4 rings (SSSR count). The van der Waals surface area contributed by atoms with Crippen LogP contribution in [0.3, 0.4) is 0 Å². The molecule has 0 saturated carbocycles. The fourth-order valence-corrected chi connectivity index (χ4v) is 3.16. The molecule has 1 unspecified atom stereocenters. The third-order valence-corrected chi connectivity index (χ3v) is 4.72. The highest BCUT2D eigenvalue weighted by Crippen LogP contribution is 2.26. The van der Waals surface area contributed by atoms with Crippen LogP contribution in [-0.2, 0) is 5.85 Å². The number of hydrogen-bond donors (Lipinski definition) is 2. The number of rotatable bonds is 3. The molecule has 0 amide bonds. The first-order chi connectivity index (χ1) is 12.6. The standard InChI is InChI=1S/C19H22N6O/c1-24-10-12-25(13-11-24)15-5-8-20-17(14-15)16-6-9-22-19(26,23-16)18-4-2-3-7-21-18/h2-9,14,23,26H,10-13H2,1H3. The number of aromatic nitrogens is 2. The summed E-state index contributed by atoms with van der Waals surface area (Å²) in [6.45, 7) is 4.08. The zero-order valence-corrected chi connectivity index (χ0v) is 14.7. The topological polar surface area (TPSA) is 76.9 Å². The van der Waals surface area contributed by atoms with Gasteiger partial charge in [-0.25, -0.2) is 4.99 Å². The molecular formula is C19H22N6O. The van der Waals surface area contributed by atoms with Crippen LogP contribution in [0.1, 0.15) is 11.4 Å². The molecule has 0 aromatic carbocycles. The number of aliphatic hydroxyl groups is 1. The molecule has 1 atom stereocenters. The zero-order chi connectivity index (χ0) is 18.0. The van der Waals surface area contributed by atoms with Crippen LogP contribution in [0.4, 0.5) is 5.69 Å². The summed E-state index contributed by atoms with van der Waals surface area (Å²) in [5.74, 6) is -1.59. The fraction of sp³-hybridized carbons (Fsp3) is 0.316. The van der Waals surface area contributed by atoms with Crippen LogP contribution in [0.2, 0.25) is 0 Å². The molecule has 1 fully saturated rings. The zero-order valence-electron chi connectivity index (χ0n) is 14.7. The summed E-state index contributed by atoms with van der Waals surface area (Å²) >= 11 is 0. The van der Waals surface area contributed by atoms with Crippen molar-refractivity contribution in [3.8, 4) is 0 Å². The molecule has 7 heteroatoms. The van der Waals surface area contributed by atoms with Crippen LogP contribution in [0.15, 0.2) is 53.8 Å². The molecule has 2 aliphatic heterocycles. The normalized spacial score (nSPS) is 23.5. The Morgan fingerprint density at radius 3 is 2.69 bits per heavy atom. The van der Waals surface area contributed by atoms with E-state index in [2.05, 4.69) is 37.1 Å². The van der Waals surface area contributed by atoms with Gasteiger partial charge in [0.15, 0.2) is 0 Å². The van der Waals surface area contributed by atoms with Crippen molar-refractivity contribution in [1.82, 2.24) is 20.2 Å². The summed E-state index contributed by atoms with van der Waals surface area (Å²) in [4.78, 5) is 17.5. The predicted molar refractivity (Wildman–Crippen MR) is 102 cm³/mol. The highest BCUT2D eigenvalue weighted by molar-refractivity contribution is 5.85. The van der Waals surface area contributed by atoms with Gasteiger partial charge in [-0.1, -0.05) is 6.07 Å². The number of hydrogen-bond acceptors (Lipinski definition) is 7. The highest BCUT2D eigenvalue weighted by atomic mass is 16.3.